The first-order valence-electron chi connectivity index (χ1n) is 8.63. The Labute approximate surface area is 162 Å². The zero-order valence-corrected chi connectivity index (χ0v) is 15.6. The summed E-state index contributed by atoms with van der Waals surface area (Å²) in [5, 5.41) is 8.30. The van der Waals surface area contributed by atoms with Gasteiger partial charge in [-0.3, -0.25) is 9.59 Å². The predicted molar refractivity (Wildman–Crippen MR) is 104 cm³/mol. The van der Waals surface area contributed by atoms with Crippen molar-refractivity contribution in [2.24, 2.45) is 0 Å². The van der Waals surface area contributed by atoms with E-state index in [4.69, 9.17) is 0 Å². The number of carbonyl (C=O) groups is 2. The van der Waals surface area contributed by atoms with E-state index in [9.17, 15) is 9.59 Å². The van der Waals surface area contributed by atoms with Gasteiger partial charge in [0.15, 0.2) is 5.69 Å². The molecule has 0 spiro atoms. The third kappa shape index (κ3) is 5.72. The van der Waals surface area contributed by atoms with Crippen LogP contribution in [0.5, 0.6) is 0 Å². The van der Waals surface area contributed by atoms with E-state index in [1.165, 1.54) is 4.90 Å². The van der Waals surface area contributed by atoms with Gasteiger partial charge in [0.25, 0.3) is 5.91 Å². The van der Waals surface area contributed by atoms with Gasteiger partial charge in [0.05, 0.1) is 6.54 Å². The van der Waals surface area contributed by atoms with Crippen LogP contribution in [0.1, 0.15) is 21.6 Å². The molecule has 2 amide bonds. The molecule has 1 aromatic heterocycles. The van der Waals surface area contributed by atoms with Gasteiger partial charge in [-0.2, -0.15) is 0 Å². The minimum absolute atomic E-state index is 0.0178. The Morgan fingerprint density at radius 3 is 2.26 bits per heavy atom. The lowest BCUT2D eigenvalue weighted by atomic mass is 10.1. The lowest BCUT2D eigenvalue weighted by Crippen LogP contribution is -2.41. The Bertz CT molecular complexity index is 854. The summed E-state index contributed by atoms with van der Waals surface area (Å²) in [4.78, 5) is 26.6. The molecule has 0 fully saturated rings. The summed E-state index contributed by atoms with van der Waals surface area (Å²) >= 11 is 1.12. The third-order valence-corrected chi connectivity index (χ3v) is 4.55. The minimum atomic E-state index is -0.283. The van der Waals surface area contributed by atoms with Gasteiger partial charge in [-0.25, -0.2) is 0 Å². The molecule has 0 saturated heterocycles. The quantitative estimate of drug-likeness (QED) is 0.652. The van der Waals surface area contributed by atoms with Crippen LogP contribution in [0.3, 0.4) is 0 Å². The number of benzene rings is 2. The van der Waals surface area contributed by atoms with Crippen molar-refractivity contribution in [3.8, 4) is 0 Å². The highest BCUT2D eigenvalue weighted by molar-refractivity contribution is 7.03. The zero-order valence-electron chi connectivity index (χ0n) is 14.7. The molecule has 0 radical (unpaired) electrons. The van der Waals surface area contributed by atoms with Crippen LogP contribution < -0.4 is 5.32 Å². The van der Waals surface area contributed by atoms with Gasteiger partial charge in [-0.15, -0.1) is 5.10 Å². The fraction of sp³-hybridized carbons (Fsp3) is 0.200. The smallest absolute Gasteiger partial charge is 0.275 e. The lowest BCUT2D eigenvalue weighted by molar-refractivity contribution is -0.122. The summed E-state index contributed by atoms with van der Waals surface area (Å²) in [6.45, 7) is 0.841. The topological polar surface area (TPSA) is 75.2 Å². The fourth-order valence-corrected chi connectivity index (χ4v) is 3.04. The SMILES string of the molecule is O=C(CN(CCc1ccccc1)C(=O)c1csnn1)NCc1ccccc1. The molecule has 138 valence electrons. The predicted octanol–water partition coefficient (Wildman–Crippen LogP) is 2.54. The molecule has 0 unspecified atom stereocenters. The highest BCUT2D eigenvalue weighted by Crippen LogP contribution is 2.07. The van der Waals surface area contributed by atoms with Crippen molar-refractivity contribution in [2.75, 3.05) is 13.1 Å². The average molecular weight is 380 g/mol. The lowest BCUT2D eigenvalue weighted by Gasteiger charge is -2.21. The van der Waals surface area contributed by atoms with Crippen molar-refractivity contribution in [1.29, 1.82) is 0 Å². The molecule has 0 saturated carbocycles. The molecule has 2 aromatic carbocycles. The maximum atomic E-state index is 12.7. The number of aromatic nitrogens is 2. The summed E-state index contributed by atoms with van der Waals surface area (Å²) in [6, 6.07) is 19.5. The van der Waals surface area contributed by atoms with Gasteiger partial charge in [-0.1, -0.05) is 65.2 Å². The number of rotatable bonds is 8. The van der Waals surface area contributed by atoms with Crippen molar-refractivity contribution in [1.82, 2.24) is 19.8 Å². The Morgan fingerprint density at radius 2 is 1.63 bits per heavy atom. The van der Waals surface area contributed by atoms with E-state index >= 15 is 0 Å². The Kier molecular flexibility index (Phi) is 6.65. The molecule has 3 aromatic rings. The normalized spacial score (nSPS) is 10.4. The van der Waals surface area contributed by atoms with Gasteiger partial charge >= 0.3 is 0 Å². The summed E-state index contributed by atoms with van der Waals surface area (Å²) in [7, 11) is 0. The maximum absolute atomic E-state index is 12.7. The number of nitrogens with one attached hydrogen (secondary N) is 1. The number of hydrogen-bond acceptors (Lipinski definition) is 5. The molecule has 1 heterocycles. The van der Waals surface area contributed by atoms with E-state index in [1.807, 2.05) is 60.7 Å². The first kappa shape index (κ1) is 18.7. The van der Waals surface area contributed by atoms with Crippen LogP contribution in [0.15, 0.2) is 66.0 Å². The molecule has 0 aliphatic carbocycles. The van der Waals surface area contributed by atoms with Crippen LogP contribution in [-0.2, 0) is 17.8 Å². The first-order chi connectivity index (χ1) is 13.2. The van der Waals surface area contributed by atoms with Gasteiger partial charge in [0.2, 0.25) is 5.91 Å². The highest BCUT2D eigenvalue weighted by Gasteiger charge is 2.20. The van der Waals surface area contributed by atoms with E-state index in [-0.39, 0.29) is 24.1 Å². The van der Waals surface area contributed by atoms with Crippen LogP contribution in [0.4, 0.5) is 0 Å². The van der Waals surface area contributed by atoms with E-state index in [0.717, 1.165) is 22.7 Å². The van der Waals surface area contributed by atoms with E-state index in [2.05, 4.69) is 14.9 Å². The molecule has 0 aliphatic rings. The van der Waals surface area contributed by atoms with Gasteiger partial charge in [-0.05, 0) is 29.1 Å². The van der Waals surface area contributed by atoms with Gasteiger partial charge < -0.3 is 10.2 Å². The largest absolute Gasteiger partial charge is 0.350 e. The van der Waals surface area contributed by atoms with Crippen molar-refractivity contribution in [2.45, 2.75) is 13.0 Å². The average Bonchev–Trinajstić information content (AvgIpc) is 3.25. The number of amides is 2. The minimum Gasteiger partial charge on any atom is -0.350 e. The van der Waals surface area contributed by atoms with Crippen molar-refractivity contribution >= 4 is 23.3 Å². The number of hydrogen-bond donors (Lipinski definition) is 1. The second-order valence-corrected chi connectivity index (χ2v) is 6.62. The second-order valence-electron chi connectivity index (χ2n) is 6.01. The third-order valence-electron chi connectivity index (χ3n) is 4.05. The monoisotopic (exact) mass is 380 g/mol. The van der Waals surface area contributed by atoms with Crippen LogP contribution in [0.2, 0.25) is 0 Å². The van der Waals surface area contributed by atoms with Crippen LogP contribution in [0.25, 0.3) is 0 Å². The van der Waals surface area contributed by atoms with Gasteiger partial charge in [0, 0.05) is 18.5 Å². The Balaban J connectivity index is 1.61. The number of nitrogens with zero attached hydrogens (tertiary/aromatic N) is 3. The standard InChI is InChI=1S/C20H20N4O2S/c25-19(21-13-17-9-5-2-6-10-17)14-24(20(26)18-15-27-23-22-18)12-11-16-7-3-1-4-8-16/h1-10,15H,11-14H2,(H,21,25). The summed E-state index contributed by atoms with van der Waals surface area (Å²) < 4.78 is 3.74. The molecular formula is C20H20N4O2S. The molecular weight excluding hydrogens is 360 g/mol. The van der Waals surface area contributed by atoms with E-state index < -0.39 is 0 Å². The zero-order chi connectivity index (χ0) is 18.9. The molecule has 0 bridgehead atoms. The Morgan fingerprint density at radius 1 is 0.963 bits per heavy atom. The van der Waals surface area contributed by atoms with E-state index in [0.29, 0.717) is 19.5 Å². The van der Waals surface area contributed by atoms with Crippen LogP contribution in [0, 0.1) is 0 Å². The first-order valence-corrected chi connectivity index (χ1v) is 9.47. The fourth-order valence-electron chi connectivity index (χ4n) is 2.61. The van der Waals surface area contributed by atoms with E-state index in [1.54, 1.807) is 5.38 Å². The van der Waals surface area contributed by atoms with Crippen molar-refractivity contribution in [3.63, 3.8) is 0 Å². The molecule has 1 N–H and O–H groups in total. The maximum Gasteiger partial charge on any atom is 0.275 e. The number of carbonyl (C=O) groups excluding carboxylic acids is 2. The van der Waals surface area contributed by atoms with Crippen LogP contribution >= 0.6 is 11.5 Å². The molecule has 7 heteroatoms. The molecule has 0 atom stereocenters. The van der Waals surface area contributed by atoms with Crippen molar-refractivity contribution < 1.29 is 9.59 Å². The summed E-state index contributed by atoms with van der Waals surface area (Å²) in [6.07, 6.45) is 0.663. The summed E-state index contributed by atoms with van der Waals surface area (Å²) in [5.41, 5.74) is 2.39. The Hall–Kier alpha value is -3.06. The van der Waals surface area contributed by atoms with Crippen molar-refractivity contribution in [3.05, 3.63) is 82.9 Å². The van der Waals surface area contributed by atoms with Crippen LogP contribution in [-0.4, -0.2) is 39.4 Å². The molecule has 6 nitrogen and oxygen atoms in total. The highest BCUT2D eigenvalue weighted by atomic mass is 32.1. The molecule has 3 rings (SSSR count). The summed E-state index contributed by atoms with van der Waals surface area (Å²) in [5.74, 6) is -0.488. The van der Waals surface area contributed by atoms with Gasteiger partial charge in [0.1, 0.15) is 0 Å². The molecule has 0 aliphatic heterocycles. The second kappa shape index (κ2) is 9.59. The molecule has 27 heavy (non-hydrogen) atoms.